The van der Waals surface area contributed by atoms with Crippen molar-refractivity contribution in [3.63, 3.8) is 0 Å². The van der Waals surface area contributed by atoms with Crippen LogP contribution in [0.5, 0.6) is 0 Å². The number of aryl methyl sites for hydroxylation is 1. The first-order valence-corrected chi connectivity index (χ1v) is 11.1. The van der Waals surface area contributed by atoms with E-state index in [-0.39, 0.29) is 0 Å². The Hall–Kier alpha value is -4.53. The Morgan fingerprint density at radius 1 is 1.03 bits per heavy atom. The monoisotopic (exact) mass is 451 g/mol. The average molecular weight is 451 g/mol. The number of para-hydroxylation sites is 1. The van der Waals surface area contributed by atoms with Crippen LogP contribution in [-0.4, -0.2) is 36.5 Å². The normalized spacial score (nSPS) is 13.3. The van der Waals surface area contributed by atoms with Gasteiger partial charge in [-0.25, -0.2) is 9.97 Å². The minimum atomic E-state index is -0.425. The topological polar surface area (TPSA) is 118 Å². The number of carbonyl (C=O) groups excluding carboxylic acids is 2. The van der Waals surface area contributed by atoms with Gasteiger partial charge < -0.3 is 4.98 Å². The van der Waals surface area contributed by atoms with Crippen molar-refractivity contribution < 1.29 is 9.59 Å². The number of benzene rings is 1. The van der Waals surface area contributed by atoms with Gasteiger partial charge in [-0.2, -0.15) is 9.78 Å². The van der Waals surface area contributed by atoms with Crippen LogP contribution in [0.3, 0.4) is 0 Å². The second-order valence-electron chi connectivity index (χ2n) is 8.41. The first-order valence-electron chi connectivity index (χ1n) is 11.1. The van der Waals surface area contributed by atoms with E-state index in [0.717, 1.165) is 29.4 Å². The van der Waals surface area contributed by atoms with E-state index in [4.69, 9.17) is 4.98 Å². The van der Waals surface area contributed by atoms with E-state index >= 15 is 0 Å². The molecule has 0 radical (unpaired) electrons. The van der Waals surface area contributed by atoms with Crippen LogP contribution in [0.2, 0.25) is 0 Å². The molecule has 1 aliphatic rings. The third kappa shape index (κ3) is 3.38. The Morgan fingerprint density at radius 2 is 1.79 bits per heavy atom. The molecule has 0 aliphatic heterocycles. The summed E-state index contributed by atoms with van der Waals surface area (Å²) in [5, 5.41) is 6.03. The van der Waals surface area contributed by atoms with Gasteiger partial charge in [-0.1, -0.05) is 24.3 Å². The van der Waals surface area contributed by atoms with Crippen molar-refractivity contribution in [3.05, 3.63) is 83.4 Å². The largest absolute Gasteiger partial charge is 0.360 e. The number of aromatic nitrogens is 5. The molecule has 5 aromatic rings. The summed E-state index contributed by atoms with van der Waals surface area (Å²) in [4.78, 5) is 38.3. The van der Waals surface area contributed by atoms with Gasteiger partial charge >= 0.3 is 0 Å². The molecule has 1 aliphatic carbocycles. The molecule has 1 fully saturated rings. The molecule has 0 bridgehead atoms. The quantitative estimate of drug-likeness (QED) is 0.361. The van der Waals surface area contributed by atoms with Gasteiger partial charge in [-0.3, -0.25) is 20.4 Å². The van der Waals surface area contributed by atoms with Gasteiger partial charge in [0.25, 0.3) is 11.8 Å². The summed E-state index contributed by atoms with van der Waals surface area (Å²) in [6.45, 7) is 1.83. The van der Waals surface area contributed by atoms with Crippen molar-refractivity contribution in [1.82, 2.24) is 35.6 Å². The Morgan fingerprint density at radius 3 is 2.56 bits per heavy atom. The fraction of sp³-hybridized carbons (Fsp3) is 0.160. The van der Waals surface area contributed by atoms with Crippen molar-refractivity contribution in [2.24, 2.45) is 0 Å². The van der Waals surface area contributed by atoms with Crippen LogP contribution in [0, 0.1) is 6.92 Å². The summed E-state index contributed by atoms with van der Waals surface area (Å²) >= 11 is 0. The molecule has 168 valence electrons. The summed E-state index contributed by atoms with van der Waals surface area (Å²) in [6, 6.07) is 14.9. The predicted molar refractivity (Wildman–Crippen MR) is 127 cm³/mol. The van der Waals surface area contributed by atoms with Crippen LogP contribution in [0.1, 0.15) is 50.9 Å². The smallest absolute Gasteiger partial charge is 0.271 e. The Kier molecular flexibility index (Phi) is 4.61. The molecule has 1 saturated carbocycles. The number of amides is 2. The summed E-state index contributed by atoms with van der Waals surface area (Å²) in [7, 11) is 0. The first-order chi connectivity index (χ1) is 16.6. The molecule has 9 nitrogen and oxygen atoms in total. The molecular weight excluding hydrogens is 430 g/mol. The van der Waals surface area contributed by atoms with Crippen LogP contribution < -0.4 is 10.9 Å². The van der Waals surface area contributed by atoms with Crippen LogP contribution in [0.15, 0.2) is 60.9 Å². The number of rotatable bonds is 4. The summed E-state index contributed by atoms with van der Waals surface area (Å²) < 4.78 is 1.66. The van der Waals surface area contributed by atoms with Gasteiger partial charge in [0.2, 0.25) is 0 Å². The highest BCUT2D eigenvalue weighted by atomic mass is 16.2. The maximum Gasteiger partial charge on any atom is 0.271 e. The van der Waals surface area contributed by atoms with Crippen LogP contribution >= 0.6 is 0 Å². The maximum atomic E-state index is 13.3. The number of hydrogen-bond donors (Lipinski definition) is 3. The molecule has 9 heteroatoms. The fourth-order valence-electron chi connectivity index (χ4n) is 4.22. The number of hydrazine groups is 1. The van der Waals surface area contributed by atoms with Gasteiger partial charge in [0, 0.05) is 34.9 Å². The molecule has 3 N–H and O–H groups in total. The molecule has 4 aromatic heterocycles. The van der Waals surface area contributed by atoms with E-state index in [2.05, 4.69) is 25.9 Å². The highest BCUT2D eigenvalue weighted by Crippen LogP contribution is 2.40. The van der Waals surface area contributed by atoms with E-state index < -0.39 is 11.8 Å². The summed E-state index contributed by atoms with van der Waals surface area (Å²) in [6.07, 6.45) is 5.39. The minimum absolute atomic E-state index is 0.323. The molecule has 0 atom stereocenters. The van der Waals surface area contributed by atoms with Gasteiger partial charge in [-0.15, -0.1) is 0 Å². The number of carbonyl (C=O) groups is 2. The summed E-state index contributed by atoms with van der Waals surface area (Å²) in [5.74, 6) is 0.120. The number of fused-ring (bicyclic) bond motifs is 2. The molecule has 0 saturated heterocycles. The van der Waals surface area contributed by atoms with Crippen molar-refractivity contribution in [2.45, 2.75) is 25.7 Å². The lowest BCUT2D eigenvalue weighted by Gasteiger charge is -2.10. The van der Waals surface area contributed by atoms with Crippen molar-refractivity contribution in [2.75, 3.05) is 0 Å². The third-order valence-corrected chi connectivity index (χ3v) is 6.06. The highest BCUT2D eigenvalue weighted by Gasteiger charge is 2.29. The zero-order valence-electron chi connectivity index (χ0n) is 18.4. The second kappa shape index (κ2) is 7.80. The lowest BCUT2D eigenvalue weighted by Crippen LogP contribution is -2.41. The number of pyridine rings is 2. The van der Waals surface area contributed by atoms with Gasteiger partial charge in [0.15, 0.2) is 11.5 Å². The maximum absolute atomic E-state index is 13.3. The van der Waals surface area contributed by atoms with Crippen molar-refractivity contribution >= 4 is 33.8 Å². The van der Waals surface area contributed by atoms with E-state index in [1.165, 1.54) is 0 Å². The molecule has 1 aromatic carbocycles. The SMILES string of the molecule is Cc1nn(-c2ccccn2)c2nc(C3CC3)cc(C(=O)NNC(=O)c3c[nH]c4ccccc34)c12. The lowest BCUT2D eigenvalue weighted by molar-refractivity contribution is 0.0848. The number of hydrogen-bond acceptors (Lipinski definition) is 5. The fourth-order valence-corrected chi connectivity index (χ4v) is 4.22. The molecule has 34 heavy (non-hydrogen) atoms. The Labute approximate surface area is 194 Å². The number of aromatic amines is 1. The molecule has 6 rings (SSSR count). The highest BCUT2D eigenvalue weighted by molar-refractivity contribution is 6.10. The number of nitrogens with one attached hydrogen (secondary N) is 3. The zero-order chi connectivity index (χ0) is 23.2. The van der Waals surface area contributed by atoms with Gasteiger partial charge in [0.05, 0.1) is 22.2 Å². The minimum Gasteiger partial charge on any atom is -0.360 e. The van der Waals surface area contributed by atoms with Crippen molar-refractivity contribution in [1.29, 1.82) is 0 Å². The van der Waals surface area contributed by atoms with E-state index in [9.17, 15) is 9.59 Å². The van der Waals surface area contributed by atoms with Crippen LogP contribution in [0.25, 0.3) is 27.8 Å². The standard InChI is InChI=1S/C25H21N7O2/c1-14-22-17(24(33)29-30-25(34)18-13-27-19-7-3-2-6-16(18)19)12-20(15-9-10-15)28-23(22)32(31-14)21-8-4-5-11-26-21/h2-8,11-13,15,27H,9-10H2,1H3,(H,29,33)(H,30,34). The second-order valence-corrected chi connectivity index (χ2v) is 8.41. The van der Waals surface area contributed by atoms with Crippen molar-refractivity contribution in [3.8, 4) is 5.82 Å². The molecule has 0 spiro atoms. The number of H-pyrrole nitrogens is 1. The van der Waals surface area contributed by atoms with E-state index in [1.54, 1.807) is 17.1 Å². The molecule has 2 amide bonds. The predicted octanol–water partition coefficient (Wildman–Crippen LogP) is 3.56. The zero-order valence-corrected chi connectivity index (χ0v) is 18.4. The van der Waals surface area contributed by atoms with Crippen LogP contribution in [-0.2, 0) is 0 Å². The third-order valence-electron chi connectivity index (χ3n) is 6.06. The first kappa shape index (κ1) is 20.1. The Balaban J connectivity index is 1.35. The van der Waals surface area contributed by atoms with E-state index in [1.807, 2.05) is 55.5 Å². The Bertz CT molecular complexity index is 1560. The average Bonchev–Trinajstić information content (AvgIpc) is 3.55. The molecule has 4 heterocycles. The van der Waals surface area contributed by atoms with Crippen LogP contribution in [0.4, 0.5) is 0 Å². The van der Waals surface area contributed by atoms with E-state index in [0.29, 0.717) is 39.6 Å². The van der Waals surface area contributed by atoms with Gasteiger partial charge in [0.1, 0.15) is 0 Å². The van der Waals surface area contributed by atoms with Gasteiger partial charge in [-0.05, 0) is 44.0 Å². The molecule has 0 unspecified atom stereocenters. The number of nitrogens with zero attached hydrogens (tertiary/aromatic N) is 4. The lowest BCUT2D eigenvalue weighted by atomic mass is 10.1. The summed E-state index contributed by atoms with van der Waals surface area (Å²) in [5.41, 5.74) is 8.92. The molecular formula is C25H21N7O2.